The number of pyridine rings is 1. The zero-order chi connectivity index (χ0) is 35.8. The summed E-state index contributed by atoms with van der Waals surface area (Å²) in [5.74, 6) is 0.659. The third-order valence-corrected chi connectivity index (χ3v) is 10.0. The summed E-state index contributed by atoms with van der Waals surface area (Å²) in [5, 5.41) is 14.8. The van der Waals surface area contributed by atoms with E-state index < -0.39 is 27.7 Å². The lowest BCUT2D eigenvalue weighted by atomic mass is 9.85. The van der Waals surface area contributed by atoms with Crippen LogP contribution < -0.4 is 24.8 Å². The average molecular weight is 706 g/mol. The van der Waals surface area contributed by atoms with E-state index in [1.165, 1.54) is 7.11 Å². The summed E-state index contributed by atoms with van der Waals surface area (Å²) in [5.41, 5.74) is 3.17. The maximum atomic E-state index is 13.6. The molecule has 4 aromatic rings. The first-order valence-electron chi connectivity index (χ1n) is 16.6. The van der Waals surface area contributed by atoms with Gasteiger partial charge in [-0.05, 0) is 85.6 Å². The number of benzene rings is 2. The molecule has 2 aromatic carbocycles. The van der Waals surface area contributed by atoms with Crippen molar-refractivity contribution in [2.24, 2.45) is 0 Å². The third kappa shape index (κ3) is 7.48. The number of aromatic nitrogens is 3. The number of urea groups is 1. The van der Waals surface area contributed by atoms with Crippen LogP contribution in [0.25, 0.3) is 5.65 Å². The predicted octanol–water partition coefficient (Wildman–Crippen LogP) is 5.80. The molecule has 14 nitrogen and oxygen atoms in total. The fourth-order valence-electron chi connectivity index (χ4n) is 6.69. The van der Waals surface area contributed by atoms with Crippen LogP contribution in [0.4, 0.5) is 16.2 Å². The topological polar surface area (TPSA) is 165 Å². The Kier molecular flexibility index (Phi) is 9.64. The molecular formula is C35H43N7O7S. The molecule has 1 aliphatic heterocycles. The third-order valence-electron chi connectivity index (χ3n) is 9.11. The lowest BCUT2D eigenvalue weighted by Crippen LogP contribution is -2.35. The quantitative estimate of drug-likeness (QED) is 0.194. The van der Waals surface area contributed by atoms with Crippen LogP contribution in [0.2, 0.25) is 0 Å². The first-order chi connectivity index (χ1) is 23.7. The number of rotatable bonds is 9. The largest absolute Gasteiger partial charge is 0.492 e. The Hall–Kier alpha value is -4.89. The molecule has 15 heteroatoms. The average Bonchev–Trinajstić information content (AvgIpc) is 3.66. The van der Waals surface area contributed by atoms with Crippen LogP contribution in [0.5, 0.6) is 11.5 Å². The number of methoxy groups -OCH3 is 1. The van der Waals surface area contributed by atoms with Gasteiger partial charge in [-0.15, -0.1) is 10.2 Å². The SMILES string of the molecule is COc1c(NC(=O)N[C@H]2CC[C@@H](Oc3ccc4nnc([C@@H]5CCCN5C)n4c3)c3ccccc32)cc(C(C)(C)C)cc1NS(=O)(=O)OC(C)=O. The van der Waals surface area contributed by atoms with Gasteiger partial charge in [-0.1, -0.05) is 45.0 Å². The van der Waals surface area contributed by atoms with E-state index in [1.54, 1.807) is 12.1 Å². The van der Waals surface area contributed by atoms with E-state index in [0.29, 0.717) is 24.2 Å². The fraction of sp³-hybridized carbons (Fsp3) is 0.429. The number of fused-ring (bicyclic) bond motifs is 2. The molecule has 50 heavy (non-hydrogen) atoms. The zero-order valence-corrected chi connectivity index (χ0v) is 29.8. The number of ether oxygens (including phenoxy) is 2. The Balaban J connectivity index is 1.21. The van der Waals surface area contributed by atoms with E-state index in [1.807, 2.05) is 67.8 Å². The molecule has 0 saturated carbocycles. The van der Waals surface area contributed by atoms with Crippen LogP contribution in [0, 0.1) is 0 Å². The van der Waals surface area contributed by atoms with Crippen molar-refractivity contribution in [3.05, 3.63) is 77.2 Å². The van der Waals surface area contributed by atoms with Crippen LogP contribution in [0.3, 0.4) is 0 Å². The summed E-state index contributed by atoms with van der Waals surface area (Å²) in [4.78, 5) is 27.2. The van der Waals surface area contributed by atoms with Crippen molar-refractivity contribution in [2.75, 3.05) is 30.7 Å². The summed E-state index contributed by atoms with van der Waals surface area (Å²) in [6.45, 7) is 7.84. The molecule has 3 N–H and O–H groups in total. The highest BCUT2D eigenvalue weighted by atomic mass is 32.2. The van der Waals surface area contributed by atoms with Crippen molar-refractivity contribution in [1.82, 2.24) is 24.8 Å². The molecule has 1 saturated heterocycles. The van der Waals surface area contributed by atoms with Crippen molar-refractivity contribution in [3.63, 3.8) is 0 Å². The van der Waals surface area contributed by atoms with Gasteiger partial charge in [-0.3, -0.25) is 14.1 Å². The second-order valence-corrected chi connectivity index (χ2v) is 15.0. The Morgan fingerprint density at radius 1 is 0.980 bits per heavy atom. The van der Waals surface area contributed by atoms with Crippen LogP contribution >= 0.6 is 0 Å². The monoisotopic (exact) mass is 705 g/mol. The van der Waals surface area contributed by atoms with Gasteiger partial charge in [0.05, 0.1) is 36.8 Å². The Morgan fingerprint density at radius 2 is 1.72 bits per heavy atom. The van der Waals surface area contributed by atoms with E-state index in [0.717, 1.165) is 48.9 Å². The molecule has 3 atom stereocenters. The van der Waals surface area contributed by atoms with Crippen molar-refractivity contribution >= 4 is 39.3 Å². The fourth-order valence-corrected chi connectivity index (χ4v) is 7.46. The number of amides is 2. The molecule has 2 amide bonds. The minimum Gasteiger partial charge on any atom is -0.492 e. The lowest BCUT2D eigenvalue weighted by Gasteiger charge is -2.32. The number of carbonyl (C=O) groups excluding carboxylic acids is 2. The van der Waals surface area contributed by atoms with Gasteiger partial charge in [-0.2, -0.15) is 8.42 Å². The molecule has 2 aromatic heterocycles. The Morgan fingerprint density at radius 3 is 2.40 bits per heavy atom. The molecule has 1 aliphatic carbocycles. The molecule has 0 spiro atoms. The van der Waals surface area contributed by atoms with Gasteiger partial charge >= 0.3 is 22.3 Å². The minimum absolute atomic E-state index is 0.00604. The van der Waals surface area contributed by atoms with Gasteiger partial charge in [0.15, 0.2) is 17.2 Å². The number of nitrogens with one attached hydrogen (secondary N) is 3. The summed E-state index contributed by atoms with van der Waals surface area (Å²) < 4.78 is 45.8. The maximum absolute atomic E-state index is 13.6. The normalized spacial score (nSPS) is 19.4. The molecule has 266 valence electrons. The smallest absolute Gasteiger partial charge is 0.410 e. The van der Waals surface area contributed by atoms with Gasteiger partial charge in [-0.25, -0.2) is 9.52 Å². The number of anilines is 2. The van der Waals surface area contributed by atoms with E-state index in [-0.39, 0.29) is 35.3 Å². The number of hydrogen-bond acceptors (Lipinski definition) is 10. The highest BCUT2D eigenvalue weighted by molar-refractivity contribution is 7.88. The number of carbonyl (C=O) groups is 2. The van der Waals surface area contributed by atoms with Crippen LogP contribution in [-0.2, 0) is 24.7 Å². The van der Waals surface area contributed by atoms with Crippen LogP contribution in [0.1, 0.15) is 94.1 Å². The van der Waals surface area contributed by atoms with Crippen molar-refractivity contribution < 1.29 is 31.7 Å². The molecule has 3 heterocycles. The number of hydrogen-bond donors (Lipinski definition) is 3. The van der Waals surface area contributed by atoms with Crippen molar-refractivity contribution in [2.45, 2.75) is 77.0 Å². The van der Waals surface area contributed by atoms with Crippen molar-refractivity contribution in [3.8, 4) is 11.5 Å². The molecule has 0 bridgehead atoms. The zero-order valence-electron chi connectivity index (χ0n) is 29.0. The molecule has 1 fully saturated rings. The molecular weight excluding hydrogens is 662 g/mol. The van der Waals surface area contributed by atoms with E-state index in [4.69, 9.17) is 9.47 Å². The molecule has 0 radical (unpaired) electrons. The van der Waals surface area contributed by atoms with E-state index in [2.05, 4.69) is 41.7 Å². The standard InChI is InChI=1S/C35H43N7O7S/c1-21(43)49-50(45,46)40-28-19-22(35(2,3)4)18-27(32(28)47-6)37-34(44)36-26-14-15-30(25-11-8-7-10-24(25)26)48-23-13-16-31-38-39-33(42(31)20-23)29-12-9-17-41(29)5/h7-8,10-11,13,16,18-20,26,29-30,40H,9,12,14-15,17H2,1-6H3,(H2,36,37,44)/t26-,29-,30+/m0/s1. The predicted molar refractivity (Wildman–Crippen MR) is 188 cm³/mol. The van der Waals surface area contributed by atoms with E-state index in [9.17, 15) is 18.0 Å². The Bertz CT molecular complexity index is 2030. The highest BCUT2D eigenvalue weighted by Gasteiger charge is 2.31. The summed E-state index contributed by atoms with van der Waals surface area (Å²) in [7, 11) is -1.04. The summed E-state index contributed by atoms with van der Waals surface area (Å²) >= 11 is 0. The molecule has 6 rings (SSSR count). The van der Waals surface area contributed by atoms with Gasteiger partial charge in [0.1, 0.15) is 11.9 Å². The van der Waals surface area contributed by atoms with Gasteiger partial charge < -0.3 is 24.3 Å². The molecule has 2 aliphatic rings. The van der Waals surface area contributed by atoms with Gasteiger partial charge in [0, 0.05) is 6.92 Å². The van der Waals surface area contributed by atoms with Crippen LogP contribution in [-0.4, -0.2) is 60.6 Å². The van der Waals surface area contributed by atoms with Gasteiger partial charge in [0.25, 0.3) is 0 Å². The second kappa shape index (κ2) is 13.8. The highest BCUT2D eigenvalue weighted by Crippen LogP contribution is 2.41. The van der Waals surface area contributed by atoms with Gasteiger partial charge in [0.2, 0.25) is 0 Å². The first kappa shape index (κ1) is 35.0. The summed E-state index contributed by atoms with van der Waals surface area (Å²) in [6.07, 6.45) is 5.12. The number of likely N-dealkylation sites (tertiary alicyclic amines) is 1. The summed E-state index contributed by atoms with van der Waals surface area (Å²) in [6, 6.07) is 14.4. The lowest BCUT2D eigenvalue weighted by molar-refractivity contribution is -0.131. The van der Waals surface area contributed by atoms with Crippen LogP contribution in [0.15, 0.2) is 54.7 Å². The minimum atomic E-state index is -4.50. The van der Waals surface area contributed by atoms with E-state index >= 15 is 0 Å². The first-order valence-corrected chi connectivity index (χ1v) is 18.0. The second-order valence-electron chi connectivity index (χ2n) is 13.7. The Labute approximate surface area is 291 Å². The van der Waals surface area contributed by atoms with Crippen molar-refractivity contribution in [1.29, 1.82) is 0 Å². The molecule has 0 unspecified atom stereocenters. The number of nitrogens with zero attached hydrogens (tertiary/aromatic N) is 4. The maximum Gasteiger partial charge on any atom is 0.410 e.